The number of nitrogens with one attached hydrogen (secondary N) is 1. The van der Waals surface area contributed by atoms with Crippen LogP contribution in [0, 0.1) is 25.1 Å². The van der Waals surface area contributed by atoms with Crippen molar-refractivity contribution in [2.75, 3.05) is 16.0 Å². The van der Waals surface area contributed by atoms with E-state index in [0.717, 1.165) is 11.0 Å². The number of oxazole rings is 1. The summed E-state index contributed by atoms with van der Waals surface area (Å²) in [4.78, 5) is 19.7. The van der Waals surface area contributed by atoms with Gasteiger partial charge in [0.15, 0.2) is 21.4 Å². The van der Waals surface area contributed by atoms with E-state index in [1.165, 1.54) is 24.3 Å². The standard InChI is InChI=1S/C32H29ClFN3O6S/c1-17-27(35-18(2)42-17)31(39)37-24-9-7-10-25(38)28(24)36-23-15-32(3,4)16-44(40,41)30(23)29(37)20-13-12-19(14-22(20)34)43-26-11-6-5-8-21(26)33/h5-14,29,36,38H,15-16H2,1-4H3. The number of halogens is 2. The van der Waals surface area contributed by atoms with Crippen LogP contribution >= 0.6 is 11.6 Å². The zero-order valence-electron chi connectivity index (χ0n) is 24.3. The maximum absolute atomic E-state index is 16.3. The second-order valence-corrected chi connectivity index (χ2v) is 14.0. The van der Waals surface area contributed by atoms with Crippen LogP contribution in [0.15, 0.2) is 75.7 Å². The van der Waals surface area contributed by atoms with Gasteiger partial charge in [-0.2, -0.15) is 0 Å². The molecule has 0 radical (unpaired) electrons. The van der Waals surface area contributed by atoms with E-state index in [9.17, 15) is 18.3 Å². The number of para-hydroxylation sites is 2. The number of aryl methyl sites for hydroxylation is 2. The quantitative estimate of drug-likeness (QED) is 0.221. The molecule has 4 aromatic rings. The minimum absolute atomic E-state index is 0.0709. The van der Waals surface area contributed by atoms with Gasteiger partial charge in [0.05, 0.1) is 21.4 Å². The average molecular weight is 638 g/mol. The van der Waals surface area contributed by atoms with E-state index >= 15 is 4.39 Å². The van der Waals surface area contributed by atoms with Gasteiger partial charge in [0.2, 0.25) is 0 Å². The molecule has 0 spiro atoms. The van der Waals surface area contributed by atoms with Crippen molar-refractivity contribution in [3.63, 3.8) is 0 Å². The fraction of sp³-hybridized carbons (Fsp3) is 0.250. The lowest BCUT2D eigenvalue weighted by Gasteiger charge is -2.37. The Bertz CT molecular complexity index is 1970. The van der Waals surface area contributed by atoms with E-state index in [1.54, 1.807) is 44.2 Å². The van der Waals surface area contributed by atoms with Crippen molar-refractivity contribution in [3.05, 3.63) is 105 Å². The SMILES string of the molecule is Cc1nc(C(=O)N2c3cccc(O)c3NC3=C(C2c2ccc(Oc4ccccc4Cl)cc2F)S(=O)(=O)CC(C)(C)C3)c(C)o1. The molecule has 12 heteroatoms. The van der Waals surface area contributed by atoms with Crippen LogP contribution in [-0.4, -0.2) is 30.2 Å². The van der Waals surface area contributed by atoms with Crippen molar-refractivity contribution < 1.29 is 31.9 Å². The highest BCUT2D eigenvalue weighted by Crippen LogP contribution is 2.52. The van der Waals surface area contributed by atoms with Gasteiger partial charge in [0, 0.05) is 24.3 Å². The maximum atomic E-state index is 16.3. The fourth-order valence-corrected chi connectivity index (χ4v) is 8.43. The number of ether oxygens (including phenoxy) is 1. The number of aromatic nitrogens is 1. The Kier molecular flexibility index (Phi) is 7.21. The van der Waals surface area contributed by atoms with E-state index in [4.69, 9.17) is 20.8 Å². The maximum Gasteiger partial charge on any atom is 0.281 e. The van der Waals surface area contributed by atoms with Crippen molar-refractivity contribution in [2.24, 2.45) is 5.41 Å². The van der Waals surface area contributed by atoms with Gasteiger partial charge < -0.3 is 19.6 Å². The van der Waals surface area contributed by atoms with Gasteiger partial charge in [0.1, 0.15) is 40.6 Å². The first-order valence-electron chi connectivity index (χ1n) is 13.8. The zero-order chi connectivity index (χ0) is 31.6. The largest absolute Gasteiger partial charge is 0.506 e. The van der Waals surface area contributed by atoms with Crippen LogP contribution in [0.3, 0.4) is 0 Å². The van der Waals surface area contributed by atoms with Gasteiger partial charge in [-0.3, -0.25) is 9.69 Å². The number of sulfone groups is 1. The monoisotopic (exact) mass is 637 g/mol. The molecule has 2 aliphatic rings. The van der Waals surface area contributed by atoms with Crippen molar-refractivity contribution in [1.82, 2.24) is 4.98 Å². The second kappa shape index (κ2) is 10.7. The third-order valence-corrected chi connectivity index (χ3v) is 10.2. The van der Waals surface area contributed by atoms with Gasteiger partial charge in [-0.15, -0.1) is 0 Å². The van der Waals surface area contributed by atoms with Gasteiger partial charge in [-0.25, -0.2) is 17.8 Å². The Morgan fingerprint density at radius 2 is 1.91 bits per heavy atom. The first-order valence-corrected chi connectivity index (χ1v) is 15.8. The van der Waals surface area contributed by atoms with Gasteiger partial charge in [0.25, 0.3) is 5.91 Å². The molecule has 0 fully saturated rings. The molecule has 1 unspecified atom stereocenters. The molecule has 9 nitrogen and oxygen atoms in total. The molecule has 6 rings (SSSR count). The van der Waals surface area contributed by atoms with Gasteiger partial charge >= 0.3 is 0 Å². The summed E-state index contributed by atoms with van der Waals surface area (Å²) in [5.74, 6) is -1.15. The molecule has 0 saturated carbocycles. The molecule has 3 aromatic carbocycles. The Hall–Kier alpha value is -4.35. The molecule has 0 bridgehead atoms. The lowest BCUT2D eigenvalue weighted by atomic mass is 9.88. The number of carbonyl (C=O) groups is 1. The smallest absolute Gasteiger partial charge is 0.281 e. The molecule has 3 heterocycles. The molecule has 1 atom stereocenters. The van der Waals surface area contributed by atoms with Gasteiger partial charge in [-0.1, -0.05) is 43.6 Å². The molecule has 0 aliphatic carbocycles. The highest BCUT2D eigenvalue weighted by Gasteiger charge is 2.48. The van der Waals surface area contributed by atoms with Crippen LogP contribution in [0.2, 0.25) is 5.02 Å². The molecule has 2 N–H and O–H groups in total. The van der Waals surface area contributed by atoms with Crippen molar-refractivity contribution >= 4 is 38.7 Å². The number of aromatic hydroxyl groups is 1. The highest BCUT2D eigenvalue weighted by atomic mass is 35.5. The second-order valence-electron chi connectivity index (χ2n) is 11.7. The first kappa shape index (κ1) is 29.7. The van der Waals surface area contributed by atoms with E-state index in [1.807, 2.05) is 13.8 Å². The van der Waals surface area contributed by atoms with Crippen LogP contribution in [0.4, 0.5) is 15.8 Å². The predicted octanol–water partition coefficient (Wildman–Crippen LogP) is 7.45. The fourth-order valence-electron chi connectivity index (χ4n) is 5.90. The van der Waals surface area contributed by atoms with Crippen LogP contribution in [0.1, 0.15) is 54.0 Å². The number of phenolic OH excluding ortho intramolecular Hbond substituents is 1. The summed E-state index contributed by atoms with van der Waals surface area (Å²) in [5, 5.41) is 14.4. The van der Waals surface area contributed by atoms with Crippen LogP contribution < -0.4 is 15.0 Å². The Morgan fingerprint density at radius 1 is 1.16 bits per heavy atom. The van der Waals surface area contributed by atoms with Crippen molar-refractivity contribution in [1.29, 1.82) is 0 Å². The summed E-state index contributed by atoms with van der Waals surface area (Å²) in [6, 6.07) is 13.7. The highest BCUT2D eigenvalue weighted by molar-refractivity contribution is 7.95. The number of benzene rings is 3. The summed E-state index contributed by atoms with van der Waals surface area (Å²) in [5.41, 5.74) is -0.355. The van der Waals surface area contributed by atoms with E-state index < -0.39 is 33.0 Å². The summed E-state index contributed by atoms with van der Waals surface area (Å²) in [6.07, 6.45) is 0.255. The predicted molar refractivity (Wildman–Crippen MR) is 164 cm³/mol. The minimum atomic E-state index is -4.09. The third-order valence-electron chi connectivity index (χ3n) is 7.59. The molecule has 0 saturated heterocycles. The van der Waals surface area contributed by atoms with E-state index in [-0.39, 0.29) is 68.6 Å². The molecule has 1 amide bonds. The number of carbonyl (C=O) groups excluding carboxylic acids is 1. The van der Waals surface area contributed by atoms with Crippen LogP contribution in [-0.2, 0) is 9.84 Å². The first-order chi connectivity index (χ1) is 20.8. The number of amides is 1. The summed E-state index contributed by atoms with van der Waals surface area (Å²) < 4.78 is 56.0. The number of hydrogen-bond acceptors (Lipinski definition) is 8. The van der Waals surface area contributed by atoms with E-state index in [2.05, 4.69) is 10.3 Å². The summed E-state index contributed by atoms with van der Waals surface area (Å²) in [6.45, 7) is 6.77. The Labute approximate surface area is 258 Å². The average Bonchev–Trinajstić information content (AvgIpc) is 3.19. The number of rotatable bonds is 4. The number of anilines is 2. The number of fused-ring (bicyclic) bond motifs is 1. The molecule has 1 aromatic heterocycles. The number of nitrogens with zero attached hydrogens (tertiary/aromatic N) is 2. The molecular weight excluding hydrogens is 609 g/mol. The van der Waals surface area contributed by atoms with Crippen molar-refractivity contribution in [2.45, 2.75) is 40.2 Å². The number of allylic oxidation sites excluding steroid dienone is 1. The van der Waals surface area contributed by atoms with Crippen LogP contribution in [0.25, 0.3) is 0 Å². The van der Waals surface area contributed by atoms with Crippen molar-refractivity contribution in [3.8, 4) is 17.2 Å². The lowest BCUT2D eigenvalue weighted by molar-refractivity contribution is 0.0974. The third kappa shape index (κ3) is 5.20. The zero-order valence-corrected chi connectivity index (χ0v) is 25.9. The summed E-state index contributed by atoms with van der Waals surface area (Å²) in [7, 11) is -4.09. The molecular formula is C32H29ClFN3O6S. The number of phenols is 1. The minimum Gasteiger partial charge on any atom is -0.506 e. The number of hydrogen-bond donors (Lipinski definition) is 2. The molecule has 2 aliphatic heterocycles. The normalized spacial score (nSPS) is 18.6. The van der Waals surface area contributed by atoms with Crippen LogP contribution in [0.5, 0.6) is 17.2 Å². The Morgan fingerprint density at radius 3 is 2.59 bits per heavy atom. The van der Waals surface area contributed by atoms with Gasteiger partial charge in [-0.05, 0) is 55.2 Å². The lowest BCUT2D eigenvalue weighted by Crippen LogP contribution is -2.41. The molecule has 44 heavy (non-hydrogen) atoms. The Balaban J connectivity index is 1.61. The summed E-state index contributed by atoms with van der Waals surface area (Å²) >= 11 is 6.23. The van der Waals surface area contributed by atoms with E-state index in [0.29, 0.717) is 10.8 Å². The topological polar surface area (TPSA) is 122 Å². The molecule has 228 valence electrons.